The lowest BCUT2D eigenvalue weighted by Crippen LogP contribution is -2.05. The van der Waals surface area contributed by atoms with Gasteiger partial charge in [-0.25, -0.2) is 9.97 Å². The van der Waals surface area contributed by atoms with E-state index in [0.717, 1.165) is 22.4 Å². The van der Waals surface area contributed by atoms with Crippen molar-refractivity contribution in [3.05, 3.63) is 16.0 Å². The number of nitrogens with zero attached hydrogens (tertiary/aromatic N) is 4. The summed E-state index contributed by atoms with van der Waals surface area (Å²) in [6, 6.07) is 0. The second-order valence-electron chi connectivity index (χ2n) is 3.17. The fraction of sp³-hybridized carbons (Fsp3) is 0.333. The molecule has 2 rings (SSSR count). The molecule has 2 heterocycles. The lowest BCUT2D eigenvalue weighted by molar-refractivity contribution is 0.935. The van der Waals surface area contributed by atoms with Crippen molar-refractivity contribution < 1.29 is 0 Å². The van der Waals surface area contributed by atoms with Crippen LogP contribution in [0.3, 0.4) is 0 Å². The average Bonchev–Trinajstić information content (AvgIpc) is 2.81. The molecule has 2 aromatic rings. The van der Waals surface area contributed by atoms with Crippen LogP contribution in [0.15, 0.2) is 12.4 Å². The first-order chi connectivity index (χ1) is 7.81. The molecular weight excluding hydrogens is 319 g/mol. The van der Waals surface area contributed by atoms with Gasteiger partial charge in [-0.15, -0.1) is 0 Å². The number of nitrogens with one attached hydrogen (secondary N) is 2. The summed E-state index contributed by atoms with van der Waals surface area (Å²) in [5.41, 5.74) is 0.649. The molecule has 0 amide bonds. The van der Waals surface area contributed by atoms with Crippen LogP contribution in [-0.4, -0.2) is 31.9 Å². The first-order valence-corrected chi connectivity index (χ1v) is 6.01. The van der Waals surface area contributed by atoms with Crippen molar-refractivity contribution in [2.75, 3.05) is 11.9 Å². The Morgan fingerprint density at radius 1 is 1.44 bits per heavy atom. The Labute approximate surface area is 106 Å². The van der Waals surface area contributed by atoms with E-state index in [1.807, 2.05) is 0 Å². The number of halogens is 1. The van der Waals surface area contributed by atoms with Gasteiger partial charge in [-0.1, -0.05) is 6.92 Å². The standard InChI is InChI=1S/C9H11IN6/c1-2-3-11-8-6(10)4-12-9(14-8)7-5-13-16-15-7/h4-5H,2-3H2,1H3,(H,11,12,14)(H,13,15,16). The highest BCUT2D eigenvalue weighted by Crippen LogP contribution is 2.18. The van der Waals surface area contributed by atoms with Gasteiger partial charge in [-0.2, -0.15) is 15.4 Å². The molecule has 0 unspecified atom stereocenters. The minimum Gasteiger partial charge on any atom is -0.369 e. The normalized spacial score (nSPS) is 10.4. The molecule has 7 heteroatoms. The predicted octanol–water partition coefficient (Wildman–Crippen LogP) is 1.69. The predicted molar refractivity (Wildman–Crippen MR) is 68.9 cm³/mol. The summed E-state index contributed by atoms with van der Waals surface area (Å²) < 4.78 is 0.998. The van der Waals surface area contributed by atoms with Crippen molar-refractivity contribution in [1.82, 2.24) is 25.4 Å². The average molecular weight is 330 g/mol. The number of H-pyrrole nitrogens is 1. The molecule has 84 valence electrons. The summed E-state index contributed by atoms with van der Waals surface area (Å²) in [4.78, 5) is 8.61. The highest BCUT2D eigenvalue weighted by Gasteiger charge is 2.08. The summed E-state index contributed by atoms with van der Waals surface area (Å²) in [6.07, 6.45) is 4.43. The molecule has 0 bridgehead atoms. The first-order valence-electron chi connectivity index (χ1n) is 4.94. The smallest absolute Gasteiger partial charge is 0.183 e. The fourth-order valence-corrected chi connectivity index (χ4v) is 1.62. The Kier molecular flexibility index (Phi) is 3.65. The van der Waals surface area contributed by atoms with Crippen LogP contribution in [0.25, 0.3) is 11.5 Å². The maximum Gasteiger partial charge on any atom is 0.183 e. The van der Waals surface area contributed by atoms with Gasteiger partial charge in [0.2, 0.25) is 0 Å². The van der Waals surface area contributed by atoms with Gasteiger partial charge < -0.3 is 5.32 Å². The Balaban J connectivity index is 2.28. The third-order valence-corrected chi connectivity index (χ3v) is 2.72. The topological polar surface area (TPSA) is 79.4 Å². The van der Waals surface area contributed by atoms with Gasteiger partial charge in [0.1, 0.15) is 11.5 Å². The molecule has 0 aliphatic heterocycles. The summed E-state index contributed by atoms with van der Waals surface area (Å²) >= 11 is 2.20. The van der Waals surface area contributed by atoms with Gasteiger partial charge in [0.05, 0.1) is 9.77 Å². The lowest BCUT2D eigenvalue weighted by atomic mass is 10.4. The second-order valence-corrected chi connectivity index (χ2v) is 4.33. The van der Waals surface area contributed by atoms with Crippen LogP contribution < -0.4 is 5.32 Å². The summed E-state index contributed by atoms with van der Waals surface area (Å²) in [5.74, 6) is 1.42. The number of hydrogen-bond donors (Lipinski definition) is 2. The summed E-state index contributed by atoms with van der Waals surface area (Å²) in [7, 11) is 0. The molecule has 0 saturated carbocycles. The monoisotopic (exact) mass is 330 g/mol. The maximum atomic E-state index is 4.40. The van der Waals surface area contributed by atoms with Crippen LogP contribution in [0.2, 0.25) is 0 Å². The Morgan fingerprint density at radius 2 is 2.31 bits per heavy atom. The molecule has 2 aromatic heterocycles. The third-order valence-electron chi connectivity index (χ3n) is 1.93. The minimum atomic E-state index is 0.577. The van der Waals surface area contributed by atoms with Crippen LogP contribution in [0, 0.1) is 3.57 Å². The SMILES string of the molecule is CCCNc1nc(-c2cn[nH]n2)ncc1I. The van der Waals surface area contributed by atoms with Crippen molar-refractivity contribution in [1.29, 1.82) is 0 Å². The maximum absolute atomic E-state index is 4.40. The Bertz CT molecular complexity index is 455. The number of anilines is 1. The Morgan fingerprint density at radius 3 is 3.00 bits per heavy atom. The molecule has 0 aliphatic rings. The molecule has 0 aromatic carbocycles. The van der Waals surface area contributed by atoms with E-state index in [1.165, 1.54) is 0 Å². The summed E-state index contributed by atoms with van der Waals surface area (Å²) in [5, 5.41) is 13.5. The van der Waals surface area contributed by atoms with Gasteiger partial charge in [-0.3, -0.25) is 0 Å². The van der Waals surface area contributed by atoms with Crippen molar-refractivity contribution in [2.45, 2.75) is 13.3 Å². The third kappa shape index (κ3) is 2.46. The van der Waals surface area contributed by atoms with Crippen LogP contribution in [0.4, 0.5) is 5.82 Å². The molecule has 2 N–H and O–H groups in total. The van der Waals surface area contributed by atoms with Crippen molar-refractivity contribution in [3.8, 4) is 11.5 Å². The van der Waals surface area contributed by atoms with Crippen molar-refractivity contribution >= 4 is 28.4 Å². The Hall–Kier alpha value is -1.25. The van der Waals surface area contributed by atoms with E-state index in [0.29, 0.717) is 11.5 Å². The molecule has 0 aliphatic carbocycles. The number of aromatic nitrogens is 5. The zero-order valence-electron chi connectivity index (χ0n) is 8.74. The number of rotatable bonds is 4. The van der Waals surface area contributed by atoms with Gasteiger partial charge in [0.25, 0.3) is 0 Å². The van der Waals surface area contributed by atoms with Gasteiger partial charge >= 0.3 is 0 Å². The largest absolute Gasteiger partial charge is 0.369 e. The van der Waals surface area contributed by atoms with Gasteiger partial charge in [-0.05, 0) is 29.0 Å². The van der Waals surface area contributed by atoms with E-state index in [-0.39, 0.29) is 0 Å². The van der Waals surface area contributed by atoms with E-state index in [1.54, 1.807) is 12.4 Å². The van der Waals surface area contributed by atoms with E-state index in [9.17, 15) is 0 Å². The molecular formula is C9H11IN6. The highest BCUT2D eigenvalue weighted by atomic mass is 127. The van der Waals surface area contributed by atoms with Crippen molar-refractivity contribution in [2.24, 2.45) is 0 Å². The van der Waals surface area contributed by atoms with E-state index in [2.05, 4.69) is 60.2 Å². The van der Waals surface area contributed by atoms with Crippen LogP contribution in [0.5, 0.6) is 0 Å². The van der Waals surface area contributed by atoms with Crippen LogP contribution in [-0.2, 0) is 0 Å². The molecule has 6 nitrogen and oxygen atoms in total. The number of hydrogen-bond acceptors (Lipinski definition) is 5. The minimum absolute atomic E-state index is 0.577. The van der Waals surface area contributed by atoms with Gasteiger partial charge in [0.15, 0.2) is 5.82 Å². The fourth-order valence-electron chi connectivity index (χ4n) is 1.17. The molecule has 0 radical (unpaired) electrons. The zero-order chi connectivity index (χ0) is 11.4. The molecule has 0 atom stereocenters. The molecule has 16 heavy (non-hydrogen) atoms. The van der Waals surface area contributed by atoms with E-state index < -0.39 is 0 Å². The van der Waals surface area contributed by atoms with E-state index >= 15 is 0 Å². The van der Waals surface area contributed by atoms with Crippen LogP contribution >= 0.6 is 22.6 Å². The molecule has 0 saturated heterocycles. The highest BCUT2D eigenvalue weighted by molar-refractivity contribution is 14.1. The van der Waals surface area contributed by atoms with Crippen LogP contribution in [0.1, 0.15) is 13.3 Å². The zero-order valence-corrected chi connectivity index (χ0v) is 10.9. The quantitative estimate of drug-likeness (QED) is 0.834. The summed E-state index contributed by atoms with van der Waals surface area (Å²) in [6.45, 7) is 3.00. The number of aromatic amines is 1. The second kappa shape index (κ2) is 5.19. The molecule has 0 fully saturated rings. The lowest BCUT2D eigenvalue weighted by Gasteiger charge is -2.06. The van der Waals surface area contributed by atoms with Crippen molar-refractivity contribution in [3.63, 3.8) is 0 Å². The molecule has 0 spiro atoms. The first kappa shape index (κ1) is 11.2. The van der Waals surface area contributed by atoms with Gasteiger partial charge in [0, 0.05) is 12.7 Å². The van der Waals surface area contributed by atoms with E-state index in [4.69, 9.17) is 0 Å².